The molecule has 0 aliphatic rings. The number of aryl methyl sites for hydroxylation is 4. The molecule has 0 unspecified atom stereocenters. The molecule has 0 saturated carbocycles. The van der Waals surface area contributed by atoms with E-state index in [-0.39, 0.29) is 12.3 Å². The third-order valence-corrected chi connectivity index (χ3v) is 3.50. The summed E-state index contributed by atoms with van der Waals surface area (Å²) in [7, 11) is 1.50. The van der Waals surface area contributed by atoms with Crippen molar-refractivity contribution in [2.45, 2.75) is 27.3 Å². The molecule has 0 aliphatic heterocycles. The van der Waals surface area contributed by atoms with Crippen molar-refractivity contribution < 1.29 is 4.79 Å². The fourth-order valence-electron chi connectivity index (χ4n) is 2.57. The molecule has 0 fully saturated rings. The van der Waals surface area contributed by atoms with Crippen LogP contribution in [0.25, 0.3) is 0 Å². The minimum atomic E-state index is -0.684. The zero-order chi connectivity index (χ0) is 15.7. The van der Waals surface area contributed by atoms with Gasteiger partial charge in [0.1, 0.15) is 0 Å². The lowest BCUT2D eigenvalue weighted by Crippen LogP contribution is -2.40. The van der Waals surface area contributed by atoms with Crippen molar-refractivity contribution in [1.82, 2.24) is 9.13 Å². The van der Waals surface area contributed by atoms with Crippen LogP contribution >= 0.6 is 0 Å². The number of hydrogen-bond acceptors (Lipinski definition) is 3. The molecule has 21 heavy (non-hydrogen) atoms. The highest BCUT2D eigenvalue weighted by molar-refractivity contribution is 5.98. The summed E-state index contributed by atoms with van der Waals surface area (Å²) in [5.41, 5.74) is 2.16. The molecule has 5 nitrogen and oxygen atoms in total. The number of rotatable bonds is 3. The second-order valence-corrected chi connectivity index (χ2v) is 5.34. The Labute approximate surface area is 122 Å². The van der Waals surface area contributed by atoms with Crippen LogP contribution in [0.5, 0.6) is 0 Å². The van der Waals surface area contributed by atoms with Crippen molar-refractivity contribution in [3.05, 3.63) is 67.5 Å². The van der Waals surface area contributed by atoms with Crippen LogP contribution in [0.1, 0.15) is 27.0 Å². The molecule has 0 spiro atoms. The molecule has 110 valence electrons. The maximum atomic E-state index is 12.4. The first-order chi connectivity index (χ1) is 9.81. The number of carbonyl (C=O) groups excluding carboxylic acids is 1. The lowest BCUT2D eigenvalue weighted by Gasteiger charge is -2.11. The second-order valence-electron chi connectivity index (χ2n) is 5.34. The summed E-state index contributed by atoms with van der Waals surface area (Å²) in [6.45, 7) is 5.60. The summed E-state index contributed by atoms with van der Waals surface area (Å²) >= 11 is 0. The summed E-state index contributed by atoms with van der Waals surface area (Å²) in [6, 6.07) is 3.88. The van der Waals surface area contributed by atoms with Crippen LogP contribution in [-0.4, -0.2) is 14.9 Å². The number of ketones is 1. The molecule has 1 heterocycles. The number of nitrogens with zero attached hydrogens (tertiary/aromatic N) is 2. The van der Waals surface area contributed by atoms with Crippen LogP contribution in [0.15, 0.2) is 34.1 Å². The van der Waals surface area contributed by atoms with Crippen LogP contribution in [0, 0.1) is 20.8 Å². The molecule has 1 aromatic heterocycles. The first kappa shape index (κ1) is 15.0. The Kier molecular flexibility index (Phi) is 3.93. The third kappa shape index (κ3) is 2.86. The molecule has 0 radical (unpaired) electrons. The highest BCUT2D eigenvalue weighted by Gasteiger charge is 2.14. The van der Waals surface area contributed by atoms with E-state index in [0.717, 1.165) is 21.3 Å². The topological polar surface area (TPSA) is 61.1 Å². The van der Waals surface area contributed by atoms with Gasteiger partial charge in [0.05, 0.1) is 6.54 Å². The van der Waals surface area contributed by atoms with Crippen molar-refractivity contribution in [2.75, 3.05) is 0 Å². The smallest absolute Gasteiger partial charge is 0.312 e. The highest BCUT2D eigenvalue weighted by atomic mass is 16.2. The van der Waals surface area contributed by atoms with Crippen molar-refractivity contribution in [3.8, 4) is 0 Å². The van der Waals surface area contributed by atoms with E-state index in [4.69, 9.17) is 0 Å². The van der Waals surface area contributed by atoms with Crippen molar-refractivity contribution in [1.29, 1.82) is 0 Å². The predicted molar refractivity (Wildman–Crippen MR) is 80.9 cm³/mol. The van der Waals surface area contributed by atoms with E-state index in [2.05, 4.69) is 0 Å². The molecule has 0 saturated heterocycles. The average Bonchev–Trinajstić information content (AvgIpc) is 2.38. The van der Waals surface area contributed by atoms with Crippen molar-refractivity contribution in [3.63, 3.8) is 0 Å². The van der Waals surface area contributed by atoms with E-state index < -0.39 is 11.1 Å². The number of benzene rings is 1. The van der Waals surface area contributed by atoms with Gasteiger partial charge in [0.25, 0.3) is 0 Å². The number of aromatic nitrogens is 2. The normalized spacial score (nSPS) is 10.7. The van der Waals surface area contributed by atoms with E-state index in [1.807, 2.05) is 32.9 Å². The lowest BCUT2D eigenvalue weighted by atomic mass is 9.96. The van der Waals surface area contributed by atoms with E-state index in [1.54, 1.807) is 0 Å². The van der Waals surface area contributed by atoms with Gasteiger partial charge in [-0.3, -0.25) is 14.4 Å². The minimum absolute atomic E-state index is 0.125. The minimum Gasteiger partial charge on any atom is -0.312 e. The fraction of sp³-hybridized carbons (Fsp3) is 0.312. The van der Waals surface area contributed by atoms with Crippen molar-refractivity contribution in [2.24, 2.45) is 7.05 Å². The summed E-state index contributed by atoms with van der Waals surface area (Å²) < 4.78 is 2.36. The van der Waals surface area contributed by atoms with Crippen LogP contribution in [-0.2, 0) is 13.6 Å². The Bertz CT molecular complexity index is 805. The second kappa shape index (κ2) is 5.52. The largest absolute Gasteiger partial charge is 0.316 e. The molecule has 1 aromatic carbocycles. The fourth-order valence-corrected chi connectivity index (χ4v) is 2.57. The Hall–Kier alpha value is -2.43. The van der Waals surface area contributed by atoms with Gasteiger partial charge in [0, 0.05) is 25.0 Å². The zero-order valence-electron chi connectivity index (χ0n) is 12.6. The van der Waals surface area contributed by atoms with Crippen molar-refractivity contribution >= 4 is 5.78 Å². The van der Waals surface area contributed by atoms with Gasteiger partial charge in [-0.25, -0.2) is 0 Å². The number of hydrogen-bond donors (Lipinski definition) is 0. The van der Waals surface area contributed by atoms with Gasteiger partial charge in [0.2, 0.25) is 0 Å². The Morgan fingerprint density at radius 2 is 1.57 bits per heavy atom. The summed E-state index contributed by atoms with van der Waals surface area (Å²) in [5.74, 6) is -0.166. The standard InChI is InChI=1S/C16H18N2O3/c1-10-7-11(2)14(12(3)8-10)13(19)9-18-6-5-17(4)15(20)16(18)21/h5-8H,9H2,1-4H3. The average molecular weight is 286 g/mol. The van der Waals surface area contributed by atoms with Gasteiger partial charge in [-0.05, 0) is 31.9 Å². The van der Waals surface area contributed by atoms with E-state index in [0.29, 0.717) is 5.56 Å². The maximum Gasteiger partial charge on any atom is 0.316 e. The molecule has 2 aromatic rings. The Balaban J connectivity index is 2.42. The molecule has 0 atom stereocenters. The quantitative estimate of drug-likeness (QED) is 0.632. The molecule has 0 N–H and O–H groups in total. The monoisotopic (exact) mass is 286 g/mol. The zero-order valence-corrected chi connectivity index (χ0v) is 12.6. The molecule has 2 rings (SSSR count). The highest BCUT2D eigenvalue weighted by Crippen LogP contribution is 2.17. The maximum absolute atomic E-state index is 12.4. The predicted octanol–water partition coefficient (Wildman–Crippen LogP) is 1.36. The lowest BCUT2D eigenvalue weighted by molar-refractivity contribution is 0.0969. The first-order valence-electron chi connectivity index (χ1n) is 6.68. The van der Waals surface area contributed by atoms with Gasteiger partial charge in [0.15, 0.2) is 5.78 Å². The van der Waals surface area contributed by atoms with Gasteiger partial charge in [-0.1, -0.05) is 17.7 Å². The first-order valence-corrected chi connectivity index (χ1v) is 6.68. The molecular formula is C16H18N2O3. The van der Waals surface area contributed by atoms with Crippen LogP contribution in [0.4, 0.5) is 0 Å². The molecule has 0 bridgehead atoms. The Morgan fingerprint density at radius 3 is 2.14 bits per heavy atom. The number of Topliss-reactive ketones (excluding diaryl/α,β-unsaturated/α-hetero) is 1. The van der Waals surface area contributed by atoms with E-state index in [1.165, 1.54) is 24.0 Å². The van der Waals surface area contributed by atoms with Gasteiger partial charge in [-0.15, -0.1) is 0 Å². The van der Waals surface area contributed by atoms with Gasteiger partial charge < -0.3 is 9.13 Å². The Morgan fingerprint density at radius 1 is 1.00 bits per heavy atom. The van der Waals surface area contributed by atoms with E-state index in [9.17, 15) is 14.4 Å². The third-order valence-electron chi connectivity index (χ3n) is 3.50. The van der Waals surface area contributed by atoms with E-state index >= 15 is 0 Å². The summed E-state index contributed by atoms with van der Waals surface area (Å²) in [6.07, 6.45) is 2.94. The molecule has 0 aliphatic carbocycles. The van der Waals surface area contributed by atoms with Crippen LogP contribution in [0.2, 0.25) is 0 Å². The number of carbonyl (C=O) groups is 1. The summed E-state index contributed by atoms with van der Waals surface area (Å²) in [4.78, 5) is 35.9. The van der Waals surface area contributed by atoms with Crippen LogP contribution in [0.3, 0.4) is 0 Å². The van der Waals surface area contributed by atoms with Gasteiger partial charge >= 0.3 is 11.1 Å². The molecule has 5 heteroatoms. The van der Waals surface area contributed by atoms with Gasteiger partial charge in [-0.2, -0.15) is 0 Å². The summed E-state index contributed by atoms with van der Waals surface area (Å²) in [5, 5.41) is 0. The molecular weight excluding hydrogens is 268 g/mol. The molecule has 0 amide bonds. The van der Waals surface area contributed by atoms with Crippen LogP contribution < -0.4 is 11.1 Å². The SMILES string of the molecule is Cc1cc(C)c(C(=O)Cn2ccn(C)c(=O)c2=O)c(C)c1.